The van der Waals surface area contributed by atoms with Gasteiger partial charge in [-0.3, -0.25) is 0 Å². The van der Waals surface area contributed by atoms with E-state index in [1.807, 2.05) is 0 Å². The molecule has 0 N–H and O–H groups in total. The summed E-state index contributed by atoms with van der Waals surface area (Å²) in [4.78, 5) is 0. The zero-order chi connectivity index (χ0) is 21.5. The van der Waals surface area contributed by atoms with E-state index in [4.69, 9.17) is 0 Å². The summed E-state index contributed by atoms with van der Waals surface area (Å²) < 4.78 is 1.24. The molecule has 0 saturated carbocycles. The Hall–Kier alpha value is 0.250. The number of unbranched alkanes of at least 4 members (excludes halogenated alkanes) is 20. The van der Waals surface area contributed by atoms with Crippen LogP contribution in [0, 0.1) is 0 Å². The lowest BCUT2D eigenvalue weighted by atomic mass is 10.1. The maximum atomic E-state index is 2.45. The molecule has 1 nitrogen and oxygen atoms in total. The second-order valence-corrected chi connectivity index (χ2v) is 10.5. The summed E-state index contributed by atoms with van der Waals surface area (Å²) in [6, 6.07) is 0. The Morgan fingerprint density at radius 3 is 0.767 bits per heavy atom. The van der Waals surface area contributed by atoms with Crippen molar-refractivity contribution in [3.63, 3.8) is 0 Å². The smallest absolute Gasteiger partial charge is 0.0782 e. The molecule has 30 heavy (non-hydrogen) atoms. The molecule has 0 saturated heterocycles. The number of nitrogens with zero attached hydrogens (tertiary/aromatic N) is 1. The number of halogens is 1. The van der Waals surface area contributed by atoms with Crippen LogP contribution in [0.15, 0.2) is 0 Å². The molecule has 0 aromatic rings. The monoisotopic (exact) mass is 446 g/mol. The van der Waals surface area contributed by atoms with E-state index in [-0.39, 0.29) is 12.4 Å². The Bertz CT molecular complexity index is 275. The van der Waals surface area contributed by atoms with Gasteiger partial charge in [-0.1, -0.05) is 129 Å². The third-order valence-electron chi connectivity index (χ3n) is 6.73. The molecule has 2 heteroatoms. The third kappa shape index (κ3) is 26.3. The van der Waals surface area contributed by atoms with Crippen LogP contribution in [0.4, 0.5) is 0 Å². The van der Waals surface area contributed by atoms with Gasteiger partial charge in [-0.15, -0.1) is 12.4 Å². The van der Waals surface area contributed by atoms with E-state index in [1.54, 1.807) is 0 Å². The zero-order valence-corrected chi connectivity index (χ0v) is 22.6. The van der Waals surface area contributed by atoms with Gasteiger partial charge in [0.05, 0.1) is 27.2 Å². The Balaban J connectivity index is 0. The first-order valence-corrected chi connectivity index (χ1v) is 13.9. The van der Waals surface area contributed by atoms with Crippen LogP contribution in [0.25, 0.3) is 0 Å². The molecular formula is C28H61ClN+. The molecule has 0 heterocycles. The fourth-order valence-electron chi connectivity index (χ4n) is 4.52. The van der Waals surface area contributed by atoms with Gasteiger partial charge in [0.1, 0.15) is 0 Å². The molecule has 0 aromatic carbocycles. The zero-order valence-electron chi connectivity index (χ0n) is 21.8. The van der Waals surface area contributed by atoms with Crippen molar-refractivity contribution < 1.29 is 4.48 Å². The fourth-order valence-corrected chi connectivity index (χ4v) is 4.52. The normalized spacial score (nSPS) is 11.6. The van der Waals surface area contributed by atoms with E-state index in [0.717, 1.165) is 0 Å². The van der Waals surface area contributed by atoms with Gasteiger partial charge in [-0.05, 0) is 25.7 Å². The average molecular weight is 447 g/mol. The molecule has 0 aliphatic rings. The molecule has 0 bridgehead atoms. The quantitative estimate of drug-likeness (QED) is 0.102. The Kier molecular flexibility index (Phi) is 27.6. The Labute approximate surface area is 199 Å². The molecule has 0 aliphatic heterocycles. The Morgan fingerprint density at radius 1 is 0.333 bits per heavy atom. The van der Waals surface area contributed by atoms with Crippen molar-refractivity contribution in [3.8, 4) is 0 Å². The standard InChI is InChI=1S/C28H60N.ClH/c1-5-7-9-11-13-15-17-19-21-23-25-27-29(3,4)28-26-24-22-20-18-16-14-12-10-8-6-2;/h5-28H2,1-4H3;1H/q+1;. The first-order valence-electron chi connectivity index (χ1n) is 13.9. The molecule has 0 atom stereocenters. The summed E-state index contributed by atoms with van der Waals surface area (Å²) in [5.74, 6) is 0. The van der Waals surface area contributed by atoms with Gasteiger partial charge in [-0.25, -0.2) is 0 Å². The van der Waals surface area contributed by atoms with Crippen LogP contribution in [0.3, 0.4) is 0 Å². The fraction of sp³-hybridized carbons (Fsp3) is 1.00. The lowest BCUT2D eigenvalue weighted by Gasteiger charge is -2.30. The van der Waals surface area contributed by atoms with Crippen LogP contribution < -0.4 is 0 Å². The van der Waals surface area contributed by atoms with Crippen molar-refractivity contribution in [2.75, 3.05) is 27.2 Å². The van der Waals surface area contributed by atoms with Crippen molar-refractivity contribution in [1.82, 2.24) is 0 Å². The predicted molar refractivity (Wildman–Crippen MR) is 142 cm³/mol. The second-order valence-electron chi connectivity index (χ2n) is 10.5. The highest BCUT2D eigenvalue weighted by Crippen LogP contribution is 2.14. The number of rotatable bonds is 24. The molecule has 0 amide bonds. The van der Waals surface area contributed by atoms with Crippen LogP contribution in [0.1, 0.15) is 155 Å². The van der Waals surface area contributed by atoms with E-state index in [1.165, 1.54) is 159 Å². The minimum absolute atomic E-state index is 0. The number of quaternary nitrogens is 1. The van der Waals surface area contributed by atoms with E-state index in [9.17, 15) is 0 Å². The minimum atomic E-state index is 0. The summed E-state index contributed by atoms with van der Waals surface area (Å²) in [5.41, 5.74) is 0. The molecular weight excluding hydrogens is 386 g/mol. The van der Waals surface area contributed by atoms with Gasteiger partial charge >= 0.3 is 0 Å². The van der Waals surface area contributed by atoms with E-state index in [2.05, 4.69) is 27.9 Å². The molecule has 184 valence electrons. The lowest BCUT2D eigenvalue weighted by molar-refractivity contribution is -0.890. The van der Waals surface area contributed by atoms with Crippen LogP contribution in [0.5, 0.6) is 0 Å². The van der Waals surface area contributed by atoms with Crippen LogP contribution in [-0.4, -0.2) is 31.7 Å². The first-order chi connectivity index (χ1) is 14.1. The molecule has 0 spiro atoms. The molecule has 0 rings (SSSR count). The highest BCUT2D eigenvalue weighted by molar-refractivity contribution is 5.85. The topological polar surface area (TPSA) is 0 Å². The summed E-state index contributed by atoms with van der Waals surface area (Å²) in [6.07, 6.45) is 32.0. The third-order valence-corrected chi connectivity index (χ3v) is 6.73. The number of hydrogen-bond donors (Lipinski definition) is 0. The van der Waals surface area contributed by atoms with Gasteiger partial charge in [-0.2, -0.15) is 0 Å². The van der Waals surface area contributed by atoms with E-state index < -0.39 is 0 Å². The number of hydrogen-bond acceptors (Lipinski definition) is 0. The highest BCUT2D eigenvalue weighted by atomic mass is 35.5. The van der Waals surface area contributed by atoms with Gasteiger partial charge in [0, 0.05) is 0 Å². The van der Waals surface area contributed by atoms with Crippen molar-refractivity contribution in [2.45, 2.75) is 155 Å². The molecule has 0 aliphatic carbocycles. The van der Waals surface area contributed by atoms with Crippen molar-refractivity contribution in [3.05, 3.63) is 0 Å². The molecule has 0 radical (unpaired) electrons. The van der Waals surface area contributed by atoms with Crippen molar-refractivity contribution >= 4 is 12.4 Å². The summed E-state index contributed by atoms with van der Waals surface area (Å²) >= 11 is 0. The maximum Gasteiger partial charge on any atom is 0.0782 e. The Morgan fingerprint density at radius 2 is 0.533 bits per heavy atom. The molecule has 0 aromatic heterocycles. The van der Waals surface area contributed by atoms with Crippen LogP contribution >= 0.6 is 12.4 Å². The van der Waals surface area contributed by atoms with Gasteiger partial charge in [0.2, 0.25) is 0 Å². The van der Waals surface area contributed by atoms with E-state index >= 15 is 0 Å². The minimum Gasteiger partial charge on any atom is -0.328 e. The maximum absolute atomic E-state index is 2.45. The van der Waals surface area contributed by atoms with Crippen molar-refractivity contribution in [2.24, 2.45) is 0 Å². The highest BCUT2D eigenvalue weighted by Gasteiger charge is 2.13. The summed E-state index contributed by atoms with van der Waals surface area (Å²) in [7, 11) is 4.90. The van der Waals surface area contributed by atoms with Gasteiger partial charge < -0.3 is 4.48 Å². The van der Waals surface area contributed by atoms with Crippen molar-refractivity contribution in [1.29, 1.82) is 0 Å². The lowest BCUT2D eigenvalue weighted by Crippen LogP contribution is -2.41. The summed E-state index contributed by atoms with van der Waals surface area (Å²) in [6.45, 7) is 7.37. The second kappa shape index (κ2) is 25.5. The largest absolute Gasteiger partial charge is 0.328 e. The molecule has 0 unspecified atom stereocenters. The van der Waals surface area contributed by atoms with Crippen LogP contribution in [-0.2, 0) is 0 Å². The first kappa shape index (κ1) is 32.4. The molecule has 0 fully saturated rings. The summed E-state index contributed by atoms with van der Waals surface area (Å²) in [5, 5.41) is 0. The van der Waals surface area contributed by atoms with Gasteiger partial charge in [0.15, 0.2) is 0 Å². The average Bonchev–Trinajstić information content (AvgIpc) is 2.70. The van der Waals surface area contributed by atoms with E-state index in [0.29, 0.717) is 0 Å². The predicted octanol–water partition coefficient (Wildman–Crippen LogP) is 10.1. The van der Waals surface area contributed by atoms with Crippen LogP contribution in [0.2, 0.25) is 0 Å². The van der Waals surface area contributed by atoms with Gasteiger partial charge in [0.25, 0.3) is 0 Å². The SMILES string of the molecule is CCCCCCCCCCCCC[N+](C)(C)CCCCCCCCCCCCC.Cl.